The maximum Gasteiger partial charge on any atom is 0.405 e. The SMILES string of the molecule is CC(C)COC[C@@H]1[C@@H](Cc2ccccc2)COC[C@H](NC(=O)O)C(=O)O[C@H]1C. The summed E-state index contributed by atoms with van der Waals surface area (Å²) in [5.74, 6) is -0.210. The van der Waals surface area contributed by atoms with Gasteiger partial charge in [-0.25, -0.2) is 9.59 Å². The van der Waals surface area contributed by atoms with Crippen molar-refractivity contribution in [3.63, 3.8) is 0 Å². The second kappa shape index (κ2) is 11.0. The minimum Gasteiger partial charge on any atom is -0.465 e. The molecule has 1 saturated heterocycles. The van der Waals surface area contributed by atoms with Gasteiger partial charge in [0.1, 0.15) is 6.10 Å². The second-order valence-corrected chi connectivity index (χ2v) is 7.73. The zero-order valence-corrected chi connectivity index (χ0v) is 16.8. The summed E-state index contributed by atoms with van der Waals surface area (Å²) in [6.07, 6.45) is -0.946. The standard InChI is InChI=1S/C21H31NO6/c1-14(2)10-26-12-18-15(3)28-20(23)19(22-21(24)25)13-27-11-17(18)9-16-7-5-4-6-8-16/h4-8,14-15,17-19,22H,9-13H2,1-3H3,(H,24,25)/t15-,17-,18-,19-/m0/s1. The van der Waals surface area contributed by atoms with Crippen LogP contribution < -0.4 is 5.32 Å². The first-order chi connectivity index (χ1) is 13.4. The molecule has 1 aliphatic rings. The lowest BCUT2D eigenvalue weighted by atomic mass is 9.84. The topological polar surface area (TPSA) is 94.1 Å². The number of benzene rings is 1. The van der Waals surface area contributed by atoms with E-state index in [1.54, 1.807) is 0 Å². The first kappa shape index (κ1) is 22.2. The molecule has 1 aromatic rings. The van der Waals surface area contributed by atoms with Gasteiger partial charge in [-0.05, 0) is 30.7 Å². The van der Waals surface area contributed by atoms with Gasteiger partial charge < -0.3 is 24.6 Å². The van der Waals surface area contributed by atoms with Crippen LogP contribution in [0.2, 0.25) is 0 Å². The molecule has 0 radical (unpaired) electrons. The Bertz CT molecular complexity index is 621. The molecule has 28 heavy (non-hydrogen) atoms. The Labute approximate surface area is 166 Å². The molecule has 0 saturated carbocycles. The van der Waals surface area contributed by atoms with Crippen LogP contribution in [0.4, 0.5) is 4.79 Å². The molecule has 1 fully saturated rings. The summed E-state index contributed by atoms with van der Waals surface area (Å²) in [7, 11) is 0. The first-order valence-corrected chi connectivity index (χ1v) is 9.76. The van der Waals surface area contributed by atoms with Crippen LogP contribution in [-0.2, 0) is 25.4 Å². The van der Waals surface area contributed by atoms with Crippen molar-refractivity contribution >= 4 is 12.1 Å². The Hall–Kier alpha value is -2.12. The zero-order chi connectivity index (χ0) is 20.5. The number of amides is 1. The third-order valence-electron chi connectivity index (χ3n) is 4.81. The molecule has 4 atom stereocenters. The molecule has 7 heteroatoms. The van der Waals surface area contributed by atoms with Gasteiger partial charge in [0.25, 0.3) is 0 Å². The molecule has 2 rings (SSSR count). The second-order valence-electron chi connectivity index (χ2n) is 7.73. The van der Waals surface area contributed by atoms with Crippen LogP contribution in [0.25, 0.3) is 0 Å². The fourth-order valence-electron chi connectivity index (χ4n) is 3.35. The van der Waals surface area contributed by atoms with Crippen LogP contribution in [0.3, 0.4) is 0 Å². The minimum atomic E-state index is -1.28. The van der Waals surface area contributed by atoms with E-state index in [1.165, 1.54) is 5.56 Å². The van der Waals surface area contributed by atoms with Gasteiger partial charge >= 0.3 is 12.1 Å². The van der Waals surface area contributed by atoms with Crippen LogP contribution >= 0.6 is 0 Å². The van der Waals surface area contributed by atoms with Gasteiger partial charge in [0, 0.05) is 12.5 Å². The lowest BCUT2D eigenvalue weighted by Gasteiger charge is -2.31. The molecule has 156 valence electrons. The molecule has 1 amide bonds. The van der Waals surface area contributed by atoms with Crippen LogP contribution in [0.15, 0.2) is 30.3 Å². The van der Waals surface area contributed by atoms with Crippen LogP contribution in [0.1, 0.15) is 26.3 Å². The molecule has 0 aromatic heterocycles. The Morgan fingerprint density at radius 1 is 1.29 bits per heavy atom. The Balaban J connectivity index is 2.17. The number of carbonyl (C=O) groups is 2. The van der Waals surface area contributed by atoms with E-state index in [0.717, 1.165) is 6.42 Å². The summed E-state index contributed by atoms with van der Waals surface area (Å²) >= 11 is 0. The number of hydrogen-bond donors (Lipinski definition) is 2. The summed E-state index contributed by atoms with van der Waals surface area (Å²) < 4.78 is 17.2. The van der Waals surface area contributed by atoms with Crippen molar-refractivity contribution in [1.29, 1.82) is 0 Å². The van der Waals surface area contributed by atoms with E-state index in [0.29, 0.717) is 25.7 Å². The number of hydrogen-bond acceptors (Lipinski definition) is 5. The summed E-state index contributed by atoms with van der Waals surface area (Å²) in [4.78, 5) is 23.3. The van der Waals surface area contributed by atoms with Crippen molar-refractivity contribution in [2.75, 3.05) is 26.4 Å². The normalized spacial score (nSPS) is 26.1. The van der Waals surface area contributed by atoms with Gasteiger partial charge in [-0.15, -0.1) is 0 Å². The number of nitrogens with one attached hydrogen (secondary N) is 1. The number of carbonyl (C=O) groups excluding carboxylic acids is 1. The summed E-state index contributed by atoms with van der Waals surface area (Å²) in [5, 5.41) is 11.1. The smallest absolute Gasteiger partial charge is 0.405 e. The van der Waals surface area contributed by atoms with Gasteiger partial charge in [-0.3, -0.25) is 0 Å². The fourth-order valence-corrected chi connectivity index (χ4v) is 3.35. The average molecular weight is 393 g/mol. The highest BCUT2D eigenvalue weighted by molar-refractivity contribution is 5.81. The van der Waals surface area contributed by atoms with Crippen molar-refractivity contribution < 1.29 is 28.9 Å². The van der Waals surface area contributed by atoms with Gasteiger partial charge in [0.05, 0.1) is 19.8 Å². The van der Waals surface area contributed by atoms with E-state index in [2.05, 4.69) is 31.3 Å². The summed E-state index contributed by atoms with van der Waals surface area (Å²) in [6, 6.07) is 9.04. The zero-order valence-electron chi connectivity index (χ0n) is 16.8. The van der Waals surface area contributed by atoms with Crippen molar-refractivity contribution in [3.05, 3.63) is 35.9 Å². The van der Waals surface area contributed by atoms with E-state index < -0.39 is 24.2 Å². The maximum atomic E-state index is 12.4. The van der Waals surface area contributed by atoms with Gasteiger partial charge in [0.2, 0.25) is 0 Å². The number of carboxylic acid groups (broad SMARTS) is 1. The van der Waals surface area contributed by atoms with E-state index in [1.807, 2.05) is 25.1 Å². The fraction of sp³-hybridized carbons (Fsp3) is 0.619. The first-order valence-electron chi connectivity index (χ1n) is 9.76. The highest BCUT2D eigenvalue weighted by Crippen LogP contribution is 2.26. The maximum absolute atomic E-state index is 12.4. The molecule has 7 nitrogen and oxygen atoms in total. The highest BCUT2D eigenvalue weighted by Gasteiger charge is 2.35. The van der Waals surface area contributed by atoms with Crippen molar-refractivity contribution in [1.82, 2.24) is 5.32 Å². The van der Waals surface area contributed by atoms with Gasteiger partial charge in [-0.1, -0.05) is 44.2 Å². The molecular weight excluding hydrogens is 362 g/mol. The van der Waals surface area contributed by atoms with Crippen LogP contribution in [0.5, 0.6) is 0 Å². The van der Waals surface area contributed by atoms with Crippen molar-refractivity contribution in [2.24, 2.45) is 17.8 Å². The molecule has 1 heterocycles. The van der Waals surface area contributed by atoms with Gasteiger partial charge in [-0.2, -0.15) is 0 Å². The lowest BCUT2D eigenvalue weighted by Crippen LogP contribution is -2.45. The third kappa shape index (κ3) is 7.13. The number of esters is 1. The summed E-state index contributed by atoms with van der Waals surface area (Å²) in [5.41, 5.74) is 1.17. The minimum absolute atomic E-state index is 0.0529. The number of cyclic esters (lactones) is 1. The van der Waals surface area contributed by atoms with Crippen LogP contribution in [0, 0.1) is 17.8 Å². The highest BCUT2D eigenvalue weighted by atomic mass is 16.6. The molecule has 1 aliphatic heterocycles. The predicted octanol–water partition coefficient (Wildman–Crippen LogP) is 2.73. The quantitative estimate of drug-likeness (QED) is 0.692. The van der Waals surface area contributed by atoms with Crippen molar-refractivity contribution in [2.45, 2.75) is 39.3 Å². The molecule has 0 bridgehead atoms. The van der Waals surface area contributed by atoms with Crippen molar-refractivity contribution in [3.8, 4) is 0 Å². The Morgan fingerprint density at radius 2 is 2.00 bits per heavy atom. The largest absolute Gasteiger partial charge is 0.465 e. The Kier molecular flexibility index (Phi) is 8.73. The average Bonchev–Trinajstić information content (AvgIpc) is 2.67. The van der Waals surface area contributed by atoms with E-state index in [-0.39, 0.29) is 18.4 Å². The lowest BCUT2D eigenvalue weighted by molar-refractivity contribution is -0.155. The van der Waals surface area contributed by atoms with E-state index >= 15 is 0 Å². The monoisotopic (exact) mass is 393 g/mol. The van der Waals surface area contributed by atoms with Gasteiger partial charge in [0.15, 0.2) is 6.04 Å². The molecule has 0 spiro atoms. The van der Waals surface area contributed by atoms with E-state index in [9.17, 15) is 9.59 Å². The molecule has 1 aromatic carbocycles. The molecule has 0 unspecified atom stereocenters. The van der Waals surface area contributed by atoms with E-state index in [4.69, 9.17) is 19.3 Å². The molecule has 2 N–H and O–H groups in total. The Morgan fingerprint density at radius 3 is 2.64 bits per heavy atom. The van der Waals surface area contributed by atoms with Crippen LogP contribution in [-0.4, -0.2) is 55.7 Å². The third-order valence-corrected chi connectivity index (χ3v) is 4.81. The molecular formula is C21H31NO6. The summed E-state index contributed by atoms with van der Waals surface area (Å²) in [6.45, 7) is 7.41. The number of ether oxygens (including phenoxy) is 3. The molecule has 0 aliphatic carbocycles. The number of rotatable bonds is 7. The predicted molar refractivity (Wildman–Crippen MR) is 104 cm³/mol.